The molecule has 0 unspecified atom stereocenters. The molecule has 0 saturated heterocycles. The Kier molecular flexibility index (Phi) is 3.34. The van der Waals surface area contributed by atoms with E-state index < -0.39 is 10.9 Å². The first-order valence-electron chi connectivity index (χ1n) is 5.12. The van der Waals surface area contributed by atoms with E-state index in [0.29, 0.717) is 17.0 Å². The molecular weight excluding hydrogens is 270 g/mol. The van der Waals surface area contributed by atoms with E-state index in [0.717, 1.165) is 0 Å². The van der Waals surface area contributed by atoms with Gasteiger partial charge in [0.2, 0.25) is 0 Å². The van der Waals surface area contributed by atoms with Crippen LogP contribution in [0.25, 0.3) is 0 Å². The van der Waals surface area contributed by atoms with Crippen molar-refractivity contribution < 1.29 is 14.8 Å². The van der Waals surface area contributed by atoms with Gasteiger partial charge in [-0.3, -0.25) is 10.1 Å². The summed E-state index contributed by atoms with van der Waals surface area (Å²) in [6.45, 7) is 0. The number of nitrogen functional groups attached to an aromatic ring is 1. The lowest BCUT2D eigenvalue weighted by molar-refractivity contribution is -0.379. The van der Waals surface area contributed by atoms with Crippen molar-refractivity contribution in [3.8, 4) is 0 Å². The van der Waals surface area contributed by atoms with E-state index >= 15 is 0 Å². The fourth-order valence-electron chi connectivity index (χ4n) is 1.52. The highest BCUT2D eigenvalue weighted by molar-refractivity contribution is 7.20. The number of anilines is 3. The molecule has 1 aromatic carbocycles. The van der Waals surface area contributed by atoms with Crippen LogP contribution in [-0.2, 0) is 0 Å². The van der Waals surface area contributed by atoms with Gasteiger partial charge in [0.1, 0.15) is 16.3 Å². The topological polar surface area (TPSA) is 118 Å². The van der Waals surface area contributed by atoms with Crippen molar-refractivity contribution in [2.75, 3.05) is 11.1 Å². The van der Waals surface area contributed by atoms with Gasteiger partial charge in [0.05, 0.1) is 4.92 Å². The molecule has 0 spiro atoms. The van der Waals surface area contributed by atoms with Gasteiger partial charge in [-0.2, -0.15) is 0 Å². The molecule has 7 nitrogen and oxygen atoms in total. The smallest absolute Gasteiger partial charge is 0.349 e. The third-order valence-corrected chi connectivity index (χ3v) is 3.41. The van der Waals surface area contributed by atoms with Crippen LogP contribution in [0, 0.1) is 10.1 Å². The standard InChI is InChI=1S/C11H9N3O4S/c12-8-7(11(15)16)9(19-10(8)14(17)18)13-6-4-2-1-3-5-6/h1-5,13H,12H2,(H,15,16). The summed E-state index contributed by atoms with van der Waals surface area (Å²) in [5.74, 6) is -1.31. The number of hydrogen-bond acceptors (Lipinski definition) is 6. The second-order valence-electron chi connectivity index (χ2n) is 3.58. The molecule has 0 aliphatic carbocycles. The Morgan fingerprint density at radius 1 is 1.37 bits per heavy atom. The van der Waals surface area contributed by atoms with Crippen LogP contribution in [0.5, 0.6) is 0 Å². The molecule has 0 radical (unpaired) electrons. The Balaban J connectivity index is 2.48. The molecular formula is C11H9N3O4S. The second-order valence-corrected chi connectivity index (χ2v) is 4.58. The minimum absolute atomic E-state index is 0.142. The number of nitrogens with one attached hydrogen (secondary N) is 1. The summed E-state index contributed by atoms with van der Waals surface area (Å²) in [6, 6.07) is 8.75. The van der Waals surface area contributed by atoms with Gasteiger partial charge in [0.15, 0.2) is 0 Å². The van der Waals surface area contributed by atoms with E-state index in [-0.39, 0.29) is 21.3 Å². The molecule has 0 aliphatic rings. The zero-order valence-corrected chi connectivity index (χ0v) is 10.3. The average Bonchev–Trinajstić information content (AvgIpc) is 2.67. The molecule has 2 aromatic rings. The highest BCUT2D eigenvalue weighted by atomic mass is 32.1. The van der Waals surface area contributed by atoms with Gasteiger partial charge in [-0.05, 0) is 23.5 Å². The van der Waals surface area contributed by atoms with E-state index in [9.17, 15) is 14.9 Å². The number of para-hydroxylation sites is 1. The minimum Gasteiger partial charge on any atom is -0.478 e. The maximum Gasteiger partial charge on any atom is 0.349 e. The third-order valence-electron chi connectivity index (χ3n) is 2.34. The Morgan fingerprint density at radius 2 is 2.00 bits per heavy atom. The van der Waals surface area contributed by atoms with Gasteiger partial charge < -0.3 is 16.2 Å². The Bertz CT molecular complexity index is 639. The summed E-state index contributed by atoms with van der Waals surface area (Å²) in [7, 11) is 0. The monoisotopic (exact) mass is 279 g/mol. The molecule has 1 heterocycles. The van der Waals surface area contributed by atoms with Gasteiger partial charge in [-0.15, -0.1) is 0 Å². The molecule has 8 heteroatoms. The molecule has 1 aromatic heterocycles. The first-order valence-corrected chi connectivity index (χ1v) is 5.94. The molecule has 0 bridgehead atoms. The van der Waals surface area contributed by atoms with Crippen LogP contribution >= 0.6 is 11.3 Å². The number of hydrogen-bond donors (Lipinski definition) is 3. The van der Waals surface area contributed by atoms with Crippen LogP contribution in [0.4, 0.5) is 21.4 Å². The SMILES string of the molecule is Nc1c([N+](=O)[O-])sc(Nc2ccccc2)c1C(=O)O. The number of carboxylic acid groups (broad SMARTS) is 1. The van der Waals surface area contributed by atoms with Gasteiger partial charge in [-0.25, -0.2) is 4.79 Å². The quantitative estimate of drug-likeness (QED) is 0.584. The molecule has 0 saturated carbocycles. The van der Waals surface area contributed by atoms with Crippen molar-refractivity contribution in [1.82, 2.24) is 0 Å². The Labute approximate surface area is 111 Å². The Morgan fingerprint density at radius 3 is 2.53 bits per heavy atom. The summed E-state index contributed by atoms with van der Waals surface area (Å²) < 4.78 is 0. The van der Waals surface area contributed by atoms with E-state index in [1.54, 1.807) is 30.3 Å². The minimum atomic E-state index is -1.31. The maximum atomic E-state index is 11.1. The van der Waals surface area contributed by atoms with Crippen LogP contribution in [-0.4, -0.2) is 16.0 Å². The lowest BCUT2D eigenvalue weighted by Gasteiger charge is -2.04. The number of thiophene rings is 1. The zero-order valence-electron chi connectivity index (χ0n) is 9.49. The van der Waals surface area contributed by atoms with Crippen molar-refractivity contribution in [2.24, 2.45) is 0 Å². The number of carbonyl (C=O) groups is 1. The fraction of sp³-hybridized carbons (Fsp3) is 0. The van der Waals surface area contributed by atoms with Crippen molar-refractivity contribution >= 4 is 38.7 Å². The van der Waals surface area contributed by atoms with Crippen LogP contribution in [0.1, 0.15) is 10.4 Å². The van der Waals surface area contributed by atoms with Gasteiger partial charge in [0, 0.05) is 5.69 Å². The summed E-state index contributed by atoms with van der Waals surface area (Å²) in [6.07, 6.45) is 0. The van der Waals surface area contributed by atoms with Crippen LogP contribution < -0.4 is 11.1 Å². The normalized spacial score (nSPS) is 10.1. The summed E-state index contributed by atoms with van der Waals surface area (Å²) in [5, 5.41) is 22.4. The maximum absolute atomic E-state index is 11.1. The highest BCUT2D eigenvalue weighted by Gasteiger charge is 2.28. The number of nitro groups is 1. The van der Waals surface area contributed by atoms with E-state index in [4.69, 9.17) is 10.8 Å². The molecule has 0 amide bonds. The second kappa shape index (κ2) is 4.94. The predicted molar refractivity (Wildman–Crippen MR) is 72.1 cm³/mol. The molecule has 0 atom stereocenters. The first-order chi connectivity index (χ1) is 9.00. The molecule has 4 N–H and O–H groups in total. The van der Waals surface area contributed by atoms with Crippen molar-refractivity contribution in [2.45, 2.75) is 0 Å². The van der Waals surface area contributed by atoms with E-state index in [1.807, 2.05) is 0 Å². The van der Waals surface area contributed by atoms with Crippen molar-refractivity contribution in [3.63, 3.8) is 0 Å². The number of nitrogens with two attached hydrogens (primary N) is 1. The lowest BCUT2D eigenvalue weighted by Crippen LogP contribution is -2.03. The van der Waals surface area contributed by atoms with Gasteiger partial charge in [0.25, 0.3) is 0 Å². The summed E-state index contributed by atoms with van der Waals surface area (Å²) in [4.78, 5) is 21.2. The molecule has 2 rings (SSSR count). The Hall–Kier alpha value is -2.61. The number of carboxylic acids is 1. The fourth-order valence-corrected chi connectivity index (χ4v) is 2.47. The molecule has 0 aliphatic heterocycles. The number of aromatic carboxylic acids is 1. The summed E-state index contributed by atoms with van der Waals surface area (Å²) in [5.41, 5.74) is 5.52. The van der Waals surface area contributed by atoms with Crippen molar-refractivity contribution in [1.29, 1.82) is 0 Å². The summed E-state index contributed by atoms with van der Waals surface area (Å²) >= 11 is 0.701. The zero-order chi connectivity index (χ0) is 14.0. The van der Waals surface area contributed by atoms with Crippen molar-refractivity contribution in [3.05, 3.63) is 46.0 Å². The largest absolute Gasteiger partial charge is 0.478 e. The van der Waals surface area contributed by atoms with Gasteiger partial charge in [-0.1, -0.05) is 18.2 Å². The number of benzene rings is 1. The van der Waals surface area contributed by atoms with E-state index in [1.165, 1.54) is 0 Å². The van der Waals surface area contributed by atoms with Gasteiger partial charge >= 0.3 is 11.0 Å². The average molecular weight is 279 g/mol. The molecule has 0 fully saturated rings. The predicted octanol–water partition coefficient (Wildman–Crippen LogP) is 2.68. The highest BCUT2D eigenvalue weighted by Crippen LogP contribution is 2.42. The number of rotatable bonds is 4. The van der Waals surface area contributed by atoms with Crippen LogP contribution in [0.3, 0.4) is 0 Å². The molecule has 19 heavy (non-hydrogen) atoms. The van der Waals surface area contributed by atoms with Crippen LogP contribution in [0.2, 0.25) is 0 Å². The van der Waals surface area contributed by atoms with E-state index in [2.05, 4.69) is 5.32 Å². The molecule has 98 valence electrons. The third kappa shape index (κ3) is 2.47. The van der Waals surface area contributed by atoms with Crippen LogP contribution in [0.15, 0.2) is 30.3 Å². The first kappa shape index (κ1) is 12.8. The number of nitrogens with zero attached hydrogens (tertiary/aromatic N) is 1. The lowest BCUT2D eigenvalue weighted by atomic mass is 10.2.